The molecule has 1 saturated carbocycles. The molecule has 0 spiro atoms. The lowest BCUT2D eigenvalue weighted by molar-refractivity contribution is -0.152. The molecule has 1 aliphatic carbocycles. The third kappa shape index (κ3) is 3.10. The normalized spacial score (nSPS) is 22.5. The Kier molecular flexibility index (Phi) is 3.82. The molecular formula is C14H24O2. The standard InChI is InChI=1S/C14H24O2/c1-11(2)5-6-14(12(15)16)9-7-13(3,4)8-10-14/h5H,6-10H2,1-4H3,(H,15,16). The van der Waals surface area contributed by atoms with E-state index in [1.165, 1.54) is 5.57 Å². The van der Waals surface area contributed by atoms with Gasteiger partial charge in [0, 0.05) is 0 Å². The van der Waals surface area contributed by atoms with Crippen molar-refractivity contribution < 1.29 is 9.90 Å². The lowest BCUT2D eigenvalue weighted by Crippen LogP contribution is -2.37. The molecule has 0 aliphatic heterocycles. The highest BCUT2D eigenvalue weighted by atomic mass is 16.4. The molecule has 16 heavy (non-hydrogen) atoms. The third-order valence-electron chi connectivity index (χ3n) is 3.92. The SMILES string of the molecule is CC(C)=CCC1(C(=O)O)CCC(C)(C)CC1. The number of carboxylic acid groups (broad SMARTS) is 1. The van der Waals surface area contributed by atoms with Crippen LogP contribution >= 0.6 is 0 Å². The molecule has 0 heterocycles. The van der Waals surface area contributed by atoms with Crippen LogP contribution in [0.15, 0.2) is 11.6 Å². The van der Waals surface area contributed by atoms with Gasteiger partial charge in [-0.05, 0) is 51.4 Å². The fraction of sp³-hybridized carbons (Fsp3) is 0.786. The second-order valence-electron chi connectivity index (χ2n) is 6.24. The van der Waals surface area contributed by atoms with Crippen LogP contribution in [0, 0.1) is 10.8 Å². The molecule has 0 aromatic rings. The van der Waals surface area contributed by atoms with E-state index in [1.807, 2.05) is 13.8 Å². The van der Waals surface area contributed by atoms with E-state index in [0.29, 0.717) is 11.8 Å². The maximum absolute atomic E-state index is 11.5. The van der Waals surface area contributed by atoms with Gasteiger partial charge in [0.2, 0.25) is 0 Å². The van der Waals surface area contributed by atoms with Gasteiger partial charge in [-0.15, -0.1) is 0 Å². The van der Waals surface area contributed by atoms with Gasteiger partial charge in [0.1, 0.15) is 0 Å². The van der Waals surface area contributed by atoms with Gasteiger partial charge in [0.15, 0.2) is 0 Å². The zero-order chi connectivity index (χ0) is 12.4. The van der Waals surface area contributed by atoms with Crippen LogP contribution in [-0.4, -0.2) is 11.1 Å². The first-order chi connectivity index (χ1) is 7.27. The average molecular weight is 224 g/mol. The van der Waals surface area contributed by atoms with Crippen molar-refractivity contribution in [2.45, 2.75) is 59.8 Å². The van der Waals surface area contributed by atoms with E-state index < -0.39 is 11.4 Å². The van der Waals surface area contributed by atoms with E-state index in [1.54, 1.807) is 0 Å². The summed E-state index contributed by atoms with van der Waals surface area (Å²) in [5.74, 6) is -0.611. The van der Waals surface area contributed by atoms with Gasteiger partial charge in [-0.3, -0.25) is 4.79 Å². The molecule has 0 atom stereocenters. The van der Waals surface area contributed by atoms with Crippen LogP contribution in [0.4, 0.5) is 0 Å². The Morgan fingerprint density at radius 1 is 1.19 bits per heavy atom. The first-order valence-electron chi connectivity index (χ1n) is 6.14. The number of rotatable bonds is 3. The highest BCUT2D eigenvalue weighted by Gasteiger charge is 2.43. The first kappa shape index (κ1) is 13.3. The molecule has 2 heteroatoms. The minimum Gasteiger partial charge on any atom is -0.481 e. The average Bonchev–Trinajstić information content (AvgIpc) is 2.16. The topological polar surface area (TPSA) is 37.3 Å². The Hall–Kier alpha value is -0.790. The van der Waals surface area contributed by atoms with Gasteiger partial charge in [-0.25, -0.2) is 0 Å². The minimum atomic E-state index is -0.611. The molecule has 0 amide bonds. The monoisotopic (exact) mass is 224 g/mol. The van der Waals surface area contributed by atoms with Crippen LogP contribution in [0.2, 0.25) is 0 Å². The molecule has 2 nitrogen and oxygen atoms in total. The molecule has 0 radical (unpaired) electrons. The highest BCUT2D eigenvalue weighted by molar-refractivity contribution is 5.75. The number of carbonyl (C=O) groups is 1. The van der Waals surface area contributed by atoms with E-state index in [-0.39, 0.29) is 0 Å². The van der Waals surface area contributed by atoms with Crippen molar-refractivity contribution in [1.29, 1.82) is 0 Å². The van der Waals surface area contributed by atoms with Gasteiger partial charge >= 0.3 is 5.97 Å². The quantitative estimate of drug-likeness (QED) is 0.735. The summed E-state index contributed by atoms with van der Waals surface area (Å²) < 4.78 is 0. The zero-order valence-electron chi connectivity index (χ0n) is 11.0. The van der Waals surface area contributed by atoms with Crippen LogP contribution < -0.4 is 0 Å². The highest BCUT2D eigenvalue weighted by Crippen LogP contribution is 2.47. The molecule has 92 valence electrons. The van der Waals surface area contributed by atoms with Gasteiger partial charge < -0.3 is 5.11 Å². The first-order valence-corrected chi connectivity index (χ1v) is 6.14. The van der Waals surface area contributed by atoms with Crippen LogP contribution in [0.25, 0.3) is 0 Å². The molecule has 0 aromatic carbocycles. The summed E-state index contributed by atoms with van der Waals surface area (Å²) in [5, 5.41) is 9.44. The van der Waals surface area contributed by atoms with E-state index in [0.717, 1.165) is 25.7 Å². The lowest BCUT2D eigenvalue weighted by Gasteiger charge is -2.40. The van der Waals surface area contributed by atoms with Crippen molar-refractivity contribution >= 4 is 5.97 Å². The van der Waals surface area contributed by atoms with Crippen LogP contribution in [0.5, 0.6) is 0 Å². The molecule has 0 aromatic heterocycles. The Morgan fingerprint density at radius 3 is 2.06 bits per heavy atom. The fourth-order valence-electron chi connectivity index (χ4n) is 2.31. The van der Waals surface area contributed by atoms with E-state index >= 15 is 0 Å². The molecule has 1 fully saturated rings. The van der Waals surface area contributed by atoms with Crippen LogP contribution in [-0.2, 0) is 4.79 Å². The summed E-state index contributed by atoms with van der Waals surface area (Å²) in [5.41, 5.74) is 1.04. The second kappa shape index (κ2) is 4.60. The summed E-state index contributed by atoms with van der Waals surface area (Å²) in [4.78, 5) is 11.5. The van der Waals surface area contributed by atoms with Crippen molar-refractivity contribution in [3.63, 3.8) is 0 Å². The van der Waals surface area contributed by atoms with Gasteiger partial charge in [0.25, 0.3) is 0 Å². The number of hydrogen-bond acceptors (Lipinski definition) is 1. The molecule has 1 rings (SSSR count). The smallest absolute Gasteiger partial charge is 0.309 e. The molecule has 1 N–H and O–H groups in total. The third-order valence-corrected chi connectivity index (χ3v) is 3.92. The molecule has 1 aliphatic rings. The molecule has 0 saturated heterocycles. The minimum absolute atomic E-state index is 0.323. The molecule has 0 unspecified atom stereocenters. The van der Waals surface area contributed by atoms with Crippen molar-refractivity contribution in [2.75, 3.05) is 0 Å². The number of aliphatic carboxylic acids is 1. The Bertz CT molecular complexity index is 286. The Labute approximate surface area is 98.7 Å². The van der Waals surface area contributed by atoms with E-state index in [2.05, 4.69) is 19.9 Å². The van der Waals surface area contributed by atoms with Crippen molar-refractivity contribution in [3.05, 3.63) is 11.6 Å². The van der Waals surface area contributed by atoms with Gasteiger partial charge in [-0.1, -0.05) is 25.5 Å². The van der Waals surface area contributed by atoms with Crippen molar-refractivity contribution in [3.8, 4) is 0 Å². The van der Waals surface area contributed by atoms with Crippen LogP contribution in [0.1, 0.15) is 59.8 Å². The number of hydrogen-bond donors (Lipinski definition) is 1. The van der Waals surface area contributed by atoms with Gasteiger partial charge in [-0.2, -0.15) is 0 Å². The van der Waals surface area contributed by atoms with Gasteiger partial charge in [0.05, 0.1) is 5.41 Å². The van der Waals surface area contributed by atoms with Crippen molar-refractivity contribution in [2.24, 2.45) is 10.8 Å². The maximum Gasteiger partial charge on any atom is 0.309 e. The number of carboxylic acids is 1. The van der Waals surface area contributed by atoms with E-state index in [9.17, 15) is 9.90 Å². The predicted molar refractivity (Wildman–Crippen MR) is 66.4 cm³/mol. The largest absolute Gasteiger partial charge is 0.481 e. The lowest BCUT2D eigenvalue weighted by atomic mass is 9.63. The summed E-state index contributed by atoms with van der Waals surface area (Å²) in [7, 11) is 0. The zero-order valence-corrected chi connectivity index (χ0v) is 11.0. The summed E-state index contributed by atoms with van der Waals surface area (Å²) in [6.45, 7) is 8.53. The Balaban J connectivity index is 2.77. The molecular weight excluding hydrogens is 200 g/mol. The number of allylic oxidation sites excluding steroid dienone is 2. The second-order valence-corrected chi connectivity index (χ2v) is 6.24. The summed E-state index contributed by atoms with van der Waals surface area (Å²) >= 11 is 0. The Morgan fingerprint density at radius 2 is 1.69 bits per heavy atom. The molecule has 0 bridgehead atoms. The summed E-state index contributed by atoms with van der Waals surface area (Å²) in [6.07, 6.45) is 6.46. The van der Waals surface area contributed by atoms with Crippen molar-refractivity contribution in [1.82, 2.24) is 0 Å². The van der Waals surface area contributed by atoms with Crippen LogP contribution in [0.3, 0.4) is 0 Å². The summed E-state index contributed by atoms with van der Waals surface area (Å²) in [6, 6.07) is 0. The van der Waals surface area contributed by atoms with E-state index in [4.69, 9.17) is 0 Å². The fourth-order valence-corrected chi connectivity index (χ4v) is 2.31. The maximum atomic E-state index is 11.5. The predicted octanol–water partition coefficient (Wildman–Crippen LogP) is 4.01.